The molecule has 1 aromatic carbocycles. The molecule has 0 radical (unpaired) electrons. The highest BCUT2D eigenvalue weighted by Gasteiger charge is 2.43. The van der Waals surface area contributed by atoms with Crippen molar-refractivity contribution in [3.8, 4) is 0 Å². The van der Waals surface area contributed by atoms with Crippen molar-refractivity contribution in [1.29, 1.82) is 0 Å². The van der Waals surface area contributed by atoms with Crippen LogP contribution in [-0.2, 0) is 23.1 Å². The lowest BCUT2D eigenvalue weighted by Crippen LogP contribution is -2.44. The lowest BCUT2D eigenvalue weighted by atomic mass is 10.3. The van der Waals surface area contributed by atoms with Gasteiger partial charge in [-0.25, -0.2) is 9.59 Å². The van der Waals surface area contributed by atoms with Crippen LogP contribution in [0.15, 0.2) is 30.3 Å². The van der Waals surface area contributed by atoms with Crippen LogP contribution in [0.5, 0.6) is 0 Å². The zero-order valence-electron chi connectivity index (χ0n) is 14.0. The van der Waals surface area contributed by atoms with Crippen LogP contribution < -0.4 is 10.6 Å². The van der Waals surface area contributed by atoms with Gasteiger partial charge < -0.3 is 24.4 Å². The molecule has 0 bridgehead atoms. The number of esters is 1. The van der Waals surface area contributed by atoms with Crippen LogP contribution in [-0.4, -0.2) is 37.6 Å². The van der Waals surface area contributed by atoms with Gasteiger partial charge in [0.05, 0.1) is 19.8 Å². The Labute approximate surface area is 141 Å². The van der Waals surface area contributed by atoms with Gasteiger partial charge in [0.2, 0.25) is 5.78 Å². The maximum absolute atomic E-state index is 12.8. The first kappa shape index (κ1) is 20.2. The van der Waals surface area contributed by atoms with Crippen molar-refractivity contribution >= 4 is 25.3 Å². The molecule has 0 aromatic heterocycles. The molecule has 0 fully saturated rings. The van der Waals surface area contributed by atoms with E-state index in [1.807, 2.05) is 0 Å². The molecular weight excluding hydrogens is 335 g/mol. The van der Waals surface area contributed by atoms with Crippen molar-refractivity contribution in [3.63, 3.8) is 0 Å². The molecular formula is C15H23N2O6P. The van der Waals surface area contributed by atoms with E-state index in [4.69, 9.17) is 13.8 Å². The zero-order valence-corrected chi connectivity index (χ0v) is 14.9. The number of amides is 2. The van der Waals surface area contributed by atoms with Gasteiger partial charge in [0.15, 0.2) is 0 Å². The van der Waals surface area contributed by atoms with Gasteiger partial charge in [-0.3, -0.25) is 4.57 Å². The fourth-order valence-corrected chi connectivity index (χ4v) is 3.55. The highest BCUT2D eigenvalue weighted by atomic mass is 31.2. The monoisotopic (exact) mass is 358 g/mol. The molecule has 134 valence electrons. The normalized spacial score (nSPS) is 12.3. The minimum atomic E-state index is -3.92. The first-order valence-corrected chi connectivity index (χ1v) is 9.26. The molecule has 0 saturated heterocycles. The third kappa shape index (κ3) is 5.96. The second kappa shape index (κ2) is 10.1. The number of ether oxygens (including phenoxy) is 1. The number of benzene rings is 1. The third-order valence-electron chi connectivity index (χ3n) is 2.74. The summed E-state index contributed by atoms with van der Waals surface area (Å²) >= 11 is 0. The number of anilines is 1. The number of hydrogen-bond acceptors (Lipinski definition) is 6. The Morgan fingerprint density at radius 1 is 1.04 bits per heavy atom. The molecule has 1 aromatic rings. The van der Waals surface area contributed by atoms with Crippen molar-refractivity contribution < 1.29 is 27.9 Å². The summed E-state index contributed by atoms with van der Waals surface area (Å²) < 4.78 is 28.0. The topological polar surface area (TPSA) is 103 Å². The van der Waals surface area contributed by atoms with E-state index in [1.165, 1.54) is 0 Å². The largest absolute Gasteiger partial charge is 0.464 e. The zero-order chi connectivity index (χ0) is 18.0. The van der Waals surface area contributed by atoms with E-state index in [9.17, 15) is 14.2 Å². The van der Waals surface area contributed by atoms with E-state index in [1.54, 1.807) is 51.1 Å². The predicted octanol–water partition coefficient (Wildman–Crippen LogP) is 2.96. The van der Waals surface area contributed by atoms with E-state index in [0.29, 0.717) is 5.69 Å². The molecule has 0 unspecified atom stereocenters. The summed E-state index contributed by atoms with van der Waals surface area (Å²) in [5.74, 6) is -2.44. The van der Waals surface area contributed by atoms with Gasteiger partial charge in [0.1, 0.15) is 0 Å². The summed E-state index contributed by atoms with van der Waals surface area (Å²) in [4.78, 5) is 24.3. The van der Waals surface area contributed by atoms with Gasteiger partial charge in [-0.15, -0.1) is 0 Å². The average Bonchev–Trinajstić information content (AvgIpc) is 2.54. The number of hydrogen-bond donors (Lipinski definition) is 2. The Kier molecular flexibility index (Phi) is 8.46. The van der Waals surface area contributed by atoms with Crippen molar-refractivity contribution in [2.45, 2.75) is 26.6 Å². The van der Waals surface area contributed by atoms with Crippen LogP contribution in [0.25, 0.3) is 0 Å². The van der Waals surface area contributed by atoms with Crippen LogP contribution in [0.2, 0.25) is 0 Å². The predicted molar refractivity (Wildman–Crippen MR) is 89.9 cm³/mol. The van der Waals surface area contributed by atoms with E-state index in [-0.39, 0.29) is 19.8 Å². The van der Waals surface area contributed by atoms with Gasteiger partial charge in [-0.1, -0.05) is 18.2 Å². The van der Waals surface area contributed by atoms with Gasteiger partial charge >= 0.3 is 19.6 Å². The number of para-hydroxylation sites is 1. The Bertz CT molecular complexity index is 571. The molecule has 24 heavy (non-hydrogen) atoms. The first-order valence-electron chi connectivity index (χ1n) is 7.64. The summed E-state index contributed by atoms with van der Waals surface area (Å²) in [6.45, 7) is 4.99. The second-order valence-electron chi connectivity index (χ2n) is 4.49. The van der Waals surface area contributed by atoms with E-state index in [0.717, 1.165) is 0 Å². The summed E-state index contributed by atoms with van der Waals surface area (Å²) in [5, 5.41) is 4.86. The number of carbonyl (C=O) groups is 2. The smallest absolute Gasteiger partial charge is 0.364 e. The fourth-order valence-electron chi connectivity index (χ4n) is 1.85. The van der Waals surface area contributed by atoms with Gasteiger partial charge in [0, 0.05) is 5.69 Å². The lowest BCUT2D eigenvalue weighted by molar-refractivity contribution is -0.143. The molecule has 2 amide bonds. The highest BCUT2D eigenvalue weighted by molar-refractivity contribution is 7.55. The molecule has 8 nitrogen and oxygen atoms in total. The molecule has 0 aliphatic heterocycles. The van der Waals surface area contributed by atoms with Crippen LogP contribution >= 0.6 is 7.60 Å². The summed E-state index contributed by atoms with van der Waals surface area (Å²) in [5.41, 5.74) is 0.514. The summed E-state index contributed by atoms with van der Waals surface area (Å²) in [6.07, 6.45) is 0. The molecule has 0 aliphatic carbocycles. The SMILES string of the molecule is CCOC(=O)[C@@H](NC(=O)Nc1ccccc1)P(=O)(OCC)OCC. The second-order valence-corrected chi connectivity index (χ2v) is 6.61. The van der Waals surface area contributed by atoms with E-state index >= 15 is 0 Å². The lowest BCUT2D eigenvalue weighted by Gasteiger charge is -2.25. The van der Waals surface area contributed by atoms with Crippen LogP contribution in [0.3, 0.4) is 0 Å². The van der Waals surface area contributed by atoms with Crippen molar-refractivity contribution in [1.82, 2.24) is 5.32 Å². The quantitative estimate of drug-likeness (QED) is 0.520. The van der Waals surface area contributed by atoms with Crippen LogP contribution in [0.1, 0.15) is 20.8 Å². The van der Waals surface area contributed by atoms with Gasteiger partial charge in [0.25, 0.3) is 0 Å². The van der Waals surface area contributed by atoms with E-state index < -0.39 is 25.4 Å². The van der Waals surface area contributed by atoms with Crippen molar-refractivity contribution in [3.05, 3.63) is 30.3 Å². The standard InChI is InChI=1S/C15H23N2O6P/c1-4-21-14(18)13(24(20,22-5-2)23-6-3)17-15(19)16-12-10-8-7-9-11-12/h7-11,13H,4-6H2,1-3H3,(H2,16,17,19)/t13-/m0/s1. The Morgan fingerprint density at radius 2 is 1.62 bits per heavy atom. The van der Waals surface area contributed by atoms with Gasteiger partial charge in [-0.2, -0.15) is 0 Å². The Hall–Kier alpha value is -1.89. The van der Waals surface area contributed by atoms with Crippen LogP contribution in [0, 0.1) is 0 Å². The van der Waals surface area contributed by atoms with Gasteiger partial charge in [-0.05, 0) is 32.9 Å². The third-order valence-corrected chi connectivity index (χ3v) is 4.95. The van der Waals surface area contributed by atoms with Crippen molar-refractivity contribution in [2.24, 2.45) is 0 Å². The maximum Gasteiger partial charge on any atom is 0.364 e. The Morgan fingerprint density at radius 3 is 2.12 bits per heavy atom. The molecule has 2 N–H and O–H groups in total. The molecule has 0 saturated carbocycles. The molecule has 1 rings (SSSR count). The number of nitrogens with one attached hydrogen (secondary N) is 2. The molecule has 0 spiro atoms. The number of urea groups is 1. The first-order chi connectivity index (χ1) is 11.5. The van der Waals surface area contributed by atoms with E-state index in [2.05, 4.69) is 10.6 Å². The average molecular weight is 358 g/mol. The van der Waals surface area contributed by atoms with Crippen LogP contribution in [0.4, 0.5) is 10.5 Å². The Balaban J connectivity index is 2.94. The summed E-state index contributed by atoms with van der Waals surface area (Å²) in [7, 11) is -3.92. The number of rotatable bonds is 9. The molecule has 9 heteroatoms. The molecule has 0 heterocycles. The number of carbonyl (C=O) groups excluding carboxylic acids is 2. The maximum atomic E-state index is 12.8. The molecule has 1 atom stereocenters. The summed E-state index contributed by atoms with van der Waals surface area (Å²) in [6, 6.07) is 7.89. The van der Waals surface area contributed by atoms with Crippen molar-refractivity contribution in [2.75, 3.05) is 25.1 Å². The highest BCUT2D eigenvalue weighted by Crippen LogP contribution is 2.52. The fraction of sp³-hybridized carbons (Fsp3) is 0.467. The minimum Gasteiger partial charge on any atom is -0.464 e. The minimum absolute atomic E-state index is 0.0508. The molecule has 0 aliphatic rings.